The Bertz CT molecular complexity index is 980. The first-order valence-electron chi connectivity index (χ1n) is 7.29. The molecule has 1 heterocycles. The molecule has 0 aliphatic rings. The van der Waals surface area contributed by atoms with E-state index >= 15 is 0 Å². The van der Waals surface area contributed by atoms with Gasteiger partial charge in [0.05, 0.1) is 22.4 Å². The summed E-state index contributed by atoms with van der Waals surface area (Å²) in [4.78, 5) is 20.4. The molecular weight excluding hydrogens is 322 g/mol. The third-order valence-electron chi connectivity index (χ3n) is 3.51. The lowest BCUT2D eigenvalue weighted by molar-refractivity contribution is 1.16. The van der Waals surface area contributed by atoms with Crippen LogP contribution in [0.15, 0.2) is 58.2 Å². The lowest BCUT2D eigenvalue weighted by Crippen LogP contribution is -2.20. The number of aromatic nitrogens is 2. The van der Waals surface area contributed by atoms with E-state index in [0.29, 0.717) is 16.7 Å². The molecule has 0 bridgehead atoms. The second-order valence-corrected chi connectivity index (χ2v) is 6.18. The zero-order valence-corrected chi connectivity index (χ0v) is 13.9. The maximum absolute atomic E-state index is 12.3. The molecule has 0 spiro atoms. The molecule has 0 fully saturated rings. The molecule has 6 nitrogen and oxygen atoms in total. The number of hydrogen-bond acceptors (Lipinski definition) is 6. The molecule has 1 aromatic heterocycles. The van der Waals surface area contributed by atoms with Gasteiger partial charge >= 0.3 is 0 Å². The van der Waals surface area contributed by atoms with Crippen molar-refractivity contribution in [2.75, 3.05) is 7.05 Å². The molecule has 0 saturated heterocycles. The first-order valence-corrected chi connectivity index (χ1v) is 8.10. The fraction of sp³-hybridized carbons (Fsp3) is 0.0588. The van der Waals surface area contributed by atoms with Crippen molar-refractivity contribution in [2.24, 2.45) is 11.5 Å². The topological polar surface area (TPSA) is 110 Å². The number of benzene rings is 2. The van der Waals surface area contributed by atoms with Crippen molar-refractivity contribution in [2.45, 2.75) is 4.90 Å². The molecule has 6 N–H and O–H groups in total. The standard InChI is InChI=1S/C17H17N5OS/c1-20-24-11-6-4-5-10(9-11)14(18)15(19)16-17(23)22-13-8-3-2-7-12(13)21-16/h2-9,20H,18-19H2,1H3,(H,22,23)/b15-14+. The summed E-state index contributed by atoms with van der Waals surface area (Å²) < 4.78 is 3.00. The summed E-state index contributed by atoms with van der Waals surface area (Å²) >= 11 is 1.47. The van der Waals surface area contributed by atoms with Crippen molar-refractivity contribution >= 4 is 34.4 Å². The second-order valence-electron chi connectivity index (χ2n) is 5.09. The molecule has 0 atom stereocenters. The molecule has 7 heteroatoms. The minimum absolute atomic E-state index is 0.123. The summed E-state index contributed by atoms with van der Waals surface area (Å²) in [6.07, 6.45) is 0. The van der Waals surface area contributed by atoms with Gasteiger partial charge in [0.2, 0.25) is 0 Å². The predicted octanol–water partition coefficient (Wildman–Crippen LogP) is 1.89. The number of rotatable bonds is 4. The van der Waals surface area contributed by atoms with E-state index in [4.69, 9.17) is 11.5 Å². The second kappa shape index (κ2) is 6.77. The molecule has 122 valence electrons. The largest absolute Gasteiger partial charge is 0.397 e. The Hall–Kier alpha value is -2.77. The number of aromatic amines is 1. The van der Waals surface area contributed by atoms with Gasteiger partial charge in [-0.05, 0) is 43.3 Å². The minimum atomic E-state index is -0.366. The first-order chi connectivity index (χ1) is 11.6. The number of hydrogen-bond donors (Lipinski definition) is 4. The van der Waals surface area contributed by atoms with E-state index in [2.05, 4.69) is 14.7 Å². The summed E-state index contributed by atoms with van der Waals surface area (Å²) in [6, 6.07) is 14.9. The van der Waals surface area contributed by atoms with Crippen molar-refractivity contribution < 1.29 is 0 Å². The zero-order chi connectivity index (χ0) is 17.1. The minimum Gasteiger partial charge on any atom is -0.397 e. The fourth-order valence-electron chi connectivity index (χ4n) is 2.34. The summed E-state index contributed by atoms with van der Waals surface area (Å²) in [5, 5.41) is 0. The Morgan fingerprint density at radius 3 is 2.71 bits per heavy atom. The van der Waals surface area contributed by atoms with Gasteiger partial charge in [-0.3, -0.25) is 9.52 Å². The van der Waals surface area contributed by atoms with E-state index in [9.17, 15) is 4.79 Å². The highest BCUT2D eigenvalue weighted by atomic mass is 32.2. The van der Waals surface area contributed by atoms with Crippen LogP contribution >= 0.6 is 11.9 Å². The average Bonchev–Trinajstić information content (AvgIpc) is 2.60. The van der Waals surface area contributed by atoms with E-state index < -0.39 is 0 Å². The van der Waals surface area contributed by atoms with Gasteiger partial charge in [-0.2, -0.15) is 0 Å². The molecule has 0 radical (unpaired) electrons. The van der Waals surface area contributed by atoms with Gasteiger partial charge in [0.1, 0.15) is 0 Å². The van der Waals surface area contributed by atoms with Crippen LogP contribution in [0.1, 0.15) is 11.3 Å². The molecular formula is C17H17N5OS. The summed E-state index contributed by atoms with van der Waals surface area (Å²) in [7, 11) is 1.84. The van der Waals surface area contributed by atoms with Crippen molar-refractivity contribution in [1.29, 1.82) is 0 Å². The number of para-hydroxylation sites is 2. The molecule has 3 rings (SSSR count). The van der Waals surface area contributed by atoms with E-state index in [1.54, 1.807) is 6.07 Å². The van der Waals surface area contributed by atoms with Crippen LogP contribution in [0.4, 0.5) is 0 Å². The highest BCUT2D eigenvalue weighted by molar-refractivity contribution is 7.97. The van der Waals surface area contributed by atoms with Crippen molar-refractivity contribution in [3.05, 3.63) is 70.1 Å². The average molecular weight is 339 g/mol. The van der Waals surface area contributed by atoms with E-state index in [1.165, 1.54) is 11.9 Å². The summed E-state index contributed by atoms with van der Waals surface area (Å²) in [6.45, 7) is 0. The fourth-order valence-corrected chi connectivity index (χ4v) is 2.91. The van der Waals surface area contributed by atoms with Crippen LogP contribution in [0.3, 0.4) is 0 Å². The molecule has 0 unspecified atom stereocenters. The van der Waals surface area contributed by atoms with Gasteiger partial charge in [-0.15, -0.1) is 0 Å². The van der Waals surface area contributed by atoms with Crippen molar-refractivity contribution in [3.8, 4) is 0 Å². The maximum atomic E-state index is 12.3. The van der Waals surface area contributed by atoms with E-state index in [1.807, 2.05) is 49.5 Å². The van der Waals surface area contributed by atoms with Gasteiger partial charge in [-0.25, -0.2) is 4.98 Å². The first kappa shape index (κ1) is 16.1. The lowest BCUT2D eigenvalue weighted by atomic mass is 10.1. The third kappa shape index (κ3) is 3.12. The van der Waals surface area contributed by atoms with Crippen LogP contribution in [0, 0.1) is 0 Å². The number of fused-ring (bicyclic) bond motifs is 1. The quantitative estimate of drug-likeness (QED) is 0.540. The van der Waals surface area contributed by atoms with Gasteiger partial charge in [0, 0.05) is 10.5 Å². The van der Waals surface area contributed by atoms with Crippen LogP contribution in [0.25, 0.3) is 22.4 Å². The van der Waals surface area contributed by atoms with Crippen LogP contribution < -0.4 is 21.7 Å². The third-order valence-corrected chi connectivity index (χ3v) is 4.20. The van der Waals surface area contributed by atoms with E-state index in [0.717, 1.165) is 10.5 Å². The Morgan fingerprint density at radius 2 is 1.92 bits per heavy atom. The van der Waals surface area contributed by atoms with Crippen LogP contribution in [-0.4, -0.2) is 17.0 Å². The highest BCUT2D eigenvalue weighted by Gasteiger charge is 2.12. The van der Waals surface area contributed by atoms with E-state index in [-0.39, 0.29) is 17.0 Å². The summed E-state index contributed by atoms with van der Waals surface area (Å²) in [5.74, 6) is 0. The Kier molecular flexibility index (Phi) is 4.54. The predicted molar refractivity (Wildman–Crippen MR) is 98.9 cm³/mol. The molecule has 0 saturated carbocycles. The van der Waals surface area contributed by atoms with Crippen LogP contribution in [-0.2, 0) is 0 Å². The normalized spacial score (nSPS) is 12.2. The van der Waals surface area contributed by atoms with Crippen molar-refractivity contribution in [3.63, 3.8) is 0 Å². The van der Waals surface area contributed by atoms with Crippen LogP contribution in [0.5, 0.6) is 0 Å². The number of nitrogens with two attached hydrogens (primary N) is 2. The Morgan fingerprint density at radius 1 is 1.12 bits per heavy atom. The number of nitrogens with one attached hydrogen (secondary N) is 2. The molecule has 3 aromatic rings. The highest BCUT2D eigenvalue weighted by Crippen LogP contribution is 2.21. The SMILES string of the molecule is CNSc1cccc(/C(N)=C(\N)c2nc3ccccc3[nH]c2=O)c1. The lowest BCUT2D eigenvalue weighted by Gasteiger charge is -2.09. The molecule has 24 heavy (non-hydrogen) atoms. The molecule has 0 amide bonds. The maximum Gasteiger partial charge on any atom is 0.276 e. The van der Waals surface area contributed by atoms with Crippen LogP contribution in [0.2, 0.25) is 0 Å². The van der Waals surface area contributed by atoms with Gasteiger partial charge < -0.3 is 16.5 Å². The van der Waals surface area contributed by atoms with Gasteiger partial charge in [-0.1, -0.05) is 24.3 Å². The van der Waals surface area contributed by atoms with Gasteiger partial charge in [0.15, 0.2) is 5.69 Å². The van der Waals surface area contributed by atoms with Gasteiger partial charge in [0.25, 0.3) is 5.56 Å². The number of H-pyrrole nitrogens is 1. The molecule has 2 aromatic carbocycles. The smallest absolute Gasteiger partial charge is 0.276 e. The molecule has 0 aliphatic heterocycles. The Labute approximate surface area is 143 Å². The Balaban J connectivity index is 2.11. The monoisotopic (exact) mass is 339 g/mol. The summed E-state index contributed by atoms with van der Waals surface area (Å²) in [5.41, 5.74) is 14.6. The number of nitrogens with zero attached hydrogens (tertiary/aromatic N) is 1. The van der Waals surface area contributed by atoms with Crippen molar-refractivity contribution in [1.82, 2.24) is 14.7 Å². The zero-order valence-electron chi connectivity index (χ0n) is 13.0. The molecule has 0 aliphatic carbocycles.